The molecule has 1 heterocycles. The summed E-state index contributed by atoms with van der Waals surface area (Å²) in [5, 5.41) is 1.37. The zero-order valence-electron chi connectivity index (χ0n) is 14.6. The third-order valence-electron chi connectivity index (χ3n) is 5.41. The minimum absolute atomic E-state index is 0.0391. The second-order valence-electron chi connectivity index (χ2n) is 7.25. The van der Waals surface area contributed by atoms with Gasteiger partial charge < -0.3 is 0 Å². The zero-order valence-corrected chi connectivity index (χ0v) is 15.4. The number of hydrogen-bond acceptors (Lipinski definition) is 2. The number of aromatic nitrogens is 2. The van der Waals surface area contributed by atoms with Crippen LogP contribution in [0.4, 0.5) is 0 Å². The molecule has 126 valence electrons. The van der Waals surface area contributed by atoms with Gasteiger partial charge in [-0.2, -0.15) is 0 Å². The molecule has 1 aromatic heterocycles. The molecule has 0 fully saturated rings. The molecular formula is C23H17ClN2. The molecule has 0 spiro atoms. The molecule has 3 heteroatoms. The van der Waals surface area contributed by atoms with Crippen LogP contribution >= 0.6 is 11.6 Å². The smallest absolute Gasteiger partial charge is 0.162 e. The summed E-state index contributed by atoms with van der Waals surface area (Å²) in [5.74, 6) is 0.679. The van der Waals surface area contributed by atoms with Gasteiger partial charge in [0.1, 0.15) is 5.15 Å². The summed E-state index contributed by atoms with van der Waals surface area (Å²) in [7, 11) is 0. The molecule has 0 aliphatic heterocycles. The molecule has 0 atom stereocenters. The number of para-hydroxylation sites is 1. The highest BCUT2D eigenvalue weighted by atomic mass is 35.5. The molecule has 1 aliphatic rings. The Labute approximate surface area is 157 Å². The van der Waals surface area contributed by atoms with E-state index >= 15 is 0 Å². The maximum Gasteiger partial charge on any atom is 0.162 e. The van der Waals surface area contributed by atoms with Gasteiger partial charge in [0.2, 0.25) is 0 Å². The van der Waals surface area contributed by atoms with Gasteiger partial charge in [-0.1, -0.05) is 80.0 Å². The number of halogens is 1. The second kappa shape index (κ2) is 5.39. The van der Waals surface area contributed by atoms with Gasteiger partial charge in [-0.25, -0.2) is 9.97 Å². The summed E-state index contributed by atoms with van der Waals surface area (Å²) in [4.78, 5) is 9.43. The predicted molar refractivity (Wildman–Crippen MR) is 108 cm³/mol. The summed E-state index contributed by atoms with van der Waals surface area (Å²) >= 11 is 6.47. The van der Waals surface area contributed by atoms with Crippen LogP contribution in [-0.4, -0.2) is 9.97 Å². The van der Waals surface area contributed by atoms with Crippen LogP contribution in [0.5, 0.6) is 0 Å². The van der Waals surface area contributed by atoms with Crippen molar-refractivity contribution in [1.29, 1.82) is 0 Å². The number of hydrogen-bond donors (Lipinski definition) is 0. The van der Waals surface area contributed by atoms with Gasteiger partial charge in [-0.05, 0) is 34.4 Å². The first kappa shape index (κ1) is 15.5. The fourth-order valence-electron chi connectivity index (χ4n) is 4.10. The lowest BCUT2D eigenvalue weighted by Crippen LogP contribution is -2.14. The van der Waals surface area contributed by atoms with Gasteiger partial charge in [0.05, 0.1) is 5.52 Å². The highest BCUT2D eigenvalue weighted by molar-refractivity contribution is 6.34. The molecule has 2 nitrogen and oxygen atoms in total. The van der Waals surface area contributed by atoms with Crippen molar-refractivity contribution in [3.63, 3.8) is 0 Å². The van der Waals surface area contributed by atoms with Crippen LogP contribution in [-0.2, 0) is 5.41 Å². The minimum Gasteiger partial charge on any atom is -0.228 e. The van der Waals surface area contributed by atoms with Crippen LogP contribution in [0.1, 0.15) is 25.0 Å². The molecule has 0 radical (unpaired) electrons. The Morgan fingerprint density at radius 1 is 0.731 bits per heavy atom. The SMILES string of the molecule is CC1(C)c2ccccc2-c2c(-c3nc(Cl)c4ccccc4n3)cccc21. The van der Waals surface area contributed by atoms with Crippen molar-refractivity contribution in [1.82, 2.24) is 9.97 Å². The quantitative estimate of drug-likeness (QED) is 0.376. The maximum atomic E-state index is 6.47. The van der Waals surface area contributed by atoms with Crippen molar-refractivity contribution in [3.05, 3.63) is 83.0 Å². The van der Waals surface area contributed by atoms with Crippen LogP contribution in [0, 0.1) is 0 Å². The predicted octanol–water partition coefficient (Wildman–Crippen LogP) is 6.26. The summed E-state index contributed by atoms with van der Waals surface area (Å²) in [5.41, 5.74) is 7.00. The third kappa shape index (κ3) is 2.06. The van der Waals surface area contributed by atoms with Crippen LogP contribution in [0.15, 0.2) is 66.7 Å². The van der Waals surface area contributed by atoms with E-state index in [1.807, 2.05) is 24.3 Å². The van der Waals surface area contributed by atoms with E-state index in [1.54, 1.807) is 0 Å². The lowest BCUT2D eigenvalue weighted by Gasteiger charge is -2.21. The first-order valence-electron chi connectivity index (χ1n) is 8.73. The molecule has 0 amide bonds. The maximum absolute atomic E-state index is 6.47. The largest absolute Gasteiger partial charge is 0.228 e. The first-order chi connectivity index (χ1) is 12.6. The molecule has 0 N–H and O–H groups in total. The topological polar surface area (TPSA) is 25.8 Å². The van der Waals surface area contributed by atoms with E-state index in [4.69, 9.17) is 16.6 Å². The van der Waals surface area contributed by atoms with Crippen LogP contribution < -0.4 is 0 Å². The molecule has 4 aromatic rings. The van der Waals surface area contributed by atoms with Crippen LogP contribution in [0.2, 0.25) is 5.15 Å². The number of benzene rings is 3. The molecule has 0 bridgehead atoms. The molecular weight excluding hydrogens is 340 g/mol. The normalized spacial score (nSPS) is 14.3. The van der Waals surface area contributed by atoms with Crippen molar-refractivity contribution >= 4 is 22.5 Å². The Balaban J connectivity index is 1.84. The standard InChI is InChI=1S/C23H17ClN2/c1-23(2)17-11-5-3-8-14(17)20-16(10-7-12-18(20)23)22-25-19-13-6-4-9-15(19)21(24)26-22/h3-13H,1-2H3. The van der Waals surface area contributed by atoms with E-state index in [0.717, 1.165) is 16.5 Å². The molecule has 1 aliphatic carbocycles. The Bertz CT molecular complexity index is 1180. The highest BCUT2D eigenvalue weighted by Gasteiger charge is 2.36. The Morgan fingerprint density at radius 2 is 1.42 bits per heavy atom. The van der Waals surface area contributed by atoms with Gasteiger partial charge in [-0.15, -0.1) is 0 Å². The fourth-order valence-corrected chi connectivity index (χ4v) is 4.34. The van der Waals surface area contributed by atoms with Crippen LogP contribution in [0.3, 0.4) is 0 Å². The number of rotatable bonds is 1. The van der Waals surface area contributed by atoms with Gasteiger partial charge in [0, 0.05) is 16.4 Å². The second-order valence-corrected chi connectivity index (χ2v) is 7.61. The van der Waals surface area contributed by atoms with Crippen molar-refractivity contribution < 1.29 is 0 Å². The summed E-state index contributed by atoms with van der Waals surface area (Å²) in [6.45, 7) is 4.55. The minimum atomic E-state index is -0.0391. The van der Waals surface area contributed by atoms with E-state index < -0.39 is 0 Å². The summed E-state index contributed by atoms with van der Waals surface area (Å²) < 4.78 is 0. The summed E-state index contributed by atoms with van der Waals surface area (Å²) in [6.07, 6.45) is 0. The third-order valence-corrected chi connectivity index (χ3v) is 5.69. The highest BCUT2D eigenvalue weighted by Crippen LogP contribution is 2.51. The van der Waals surface area contributed by atoms with Crippen molar-refractivity contribution in [3.8, 4) is 22.5 Å². The van der Waals surface area contributed by atoms with Crippen molar-refractivity contribution in [2.45, 2.75) is 19.3 Å². The molecule has 0 saturated heterocycles. The van der Waals surface area contributed by atoms with Gasteiger partial charge in [0.25, 0.3) is 0 Å². The average Bonchev–Trinajstić information content (AvgIpc) is 2.90. The van der Waals surface area contributed by atoms with E-state index in [2.05, 4.69) is 61.3 Å². The fraction of sp³-hybridized carbons (Fsp3) is 0.130. The molecule has 0 saturated carbocycles. The average molecular weight is 357 g/mol. The lowest BCUT2D eigenvalue weighted by atomic mass is 9.82. The van der Waals surface area contributed by atoms with Gasteiger partial charge >= 0.3 is 0 Å². The number of nitrogens with zero attached hydrogens (tertiary/aromatic N) is 2. The first-order valence-corrected chi connectivity index (χ1v) is 9.11. The van der Waals surface area contributed by atoms with Gasteiger partial charge in [-0.3, -0.25) is 0 Å². The Kier molecular flexibility index (Phi) is 3.22. The molecule has 5 rings (SSSR count). The van der Waals surface area contributed by atoms with Gasteiger partial charge in [0.15, 0.2) is 5.82 Å². The van der Waals surface area contributed by atoms with Crippen LogP contribution in [0.25, 0.3) is 33.4 Å². The lowest BCUT2D eigenvalue weighted by molar-refractivity contribution is 0.660. The van der Waals surface area contributed by atoms with E-state index in [0.29, 0.717) is 11.0 Å². The number of fused-ring (bicyclic) bond motifs is 4. The van der Waals surface area contributed by atoms with Crippen molar-refractivity contribution in [2.24, 2.45) is 0 Å². The van der Waals surface area contributed by atoms with E-state index in [9.17, 15) is 0 Å². The zero-order chi connectivity index (χ0) is 17.9. The summed E-state index contributed by atoms with van der Waals surface area (Å²) in [6, 6.07) is 22.9. The Hall–Kier alpha value is -2.71. The van der Waals surface area contributed by atoms with E-state index in [-0.39, 0.29) is 5.41 Å². The van der Waals surface area contributed by atoms with E-state index in [1.165, 1.54) is 22.3 Å². The Morgan fingerprint density at radius 3 is 2.31 bits per heavy atom. The molecule has 26 heavy (non-hydrogen) atoms. The molecule has 0 unspecified atom stereocenters. The molecule has 3 aromatic carbocycles. The monoisotopic (exact) mass is 356 g/mol. The van der Waals surface area contributed by atoms with Crippen molar-refractivity contribution in [2.75, 3.05) is 0 Å².